The first kappa shape index (κ1) is 17.1. The van der Waals surface area contributed by atoms with Crippen molar-refractivity contribution in [2.45, 2.75) is 83.2 Å². The molecule has 0 aliphatic heterocycles. The van der Waals surface area contributed by atoms with E-state index in [-0.39, 0.29) is 6.10 Å². The molecule has 2 rings (SSSR count). The summed E-state index contributed by atoms with van der Waals surface area (Å²) in [5.74, 6) is 1.41. The van der Waals surface area contributed by atoms with E-state index in [1.54, 1.807) is 0 Å². The van der Waals surface area contributed by atoms with Crippen molar-refractivity contribution in [3.8, 4) is 0 Å². The summed E-state index contributed by atoms with van der Waals surface area (Å²) in [6.45, 7) is 3.46. The molecule has 2 saturated carbocycles. The Labute approximate surface area is 125 Å². The van der Waals surface area contributed by atoms with E-state index in [2.05, 4.69) is 19.2 Å². The zero-order valence-electron chi connectivity index (χ0n) is 13.1. The van der Waals surface area contributed by atoms with Crippen LogP contribution in [-0.4, -0.2) is 31.0 Å². The van der Waals surface area contributed by atoms with Crippen LogP contribution in [0.1, 0.15) is 58.8 Å². The van der Waals surface area contributed by atoms with Crippen molar-refractivity contribution < 1.29 is 17.9 Å². The van der Waals surface area contributed by atoms with Gasteiger partial charge in [-0.15, -0.1) is 0 Å². The van der Waals surface area contributed by atoms with Gasteiger partial charge in [-0.2, -0.15) is 13.2 Å². The number of ether oxygens (including phenoxy) is 1. The molecule has 0 aromatic heterocycles. The zero-order chi connectivity index (χ0) is 15.5. The van der Waals surface area contributed by atoms with Crippen LogP contribution in [0.3, 0.4) is 0 Å². The van der Waals surface area contributed by atoms with Gasteiger partial charge in [0, 0.05) is 12.1 Å². The van der Waals surface area contributed by atoms with Crippen LogP contribution < -0.4 is 5.32 Å². The normalized spacial score (nSPS) is 38.4. The topological polar surface area (TPSA) is 21.3 Å². The average Bonchev–Trinajstić information content (AvgIpc) is 2.40. The van der Waals surface area contributed by atoms with E-state index >= 15 is 0 Å². The predicted molar refractivity (Wildman–Crippen MR) is 77.2 cm³/mol. The Morgan fingerprint density at radius 3 is 2.52 bits per heavy atom. The second-order valence-corrected chi connectivity index (χ2v) is 7.08. The Hall–Kier alpha value is -0.290. The molecule has 0 saturated heterocycles. The summed E-state index contributed by atoms with van der Waals surface area (Å²) in [7, 11) is 0. The SMILES string of the molecule is CC1CCC(C)C(NC2CCCC(OCC(F)(F)F)C2)C1. The standard InChI is InChI=1S/C16H28F3NO/c1-11-6-7-12(2)15(8-11)20-13-4-3-5-14(9-13)21-10-16(17,18)19/h11-15,20H,3-10H2,1-2H3. The minimum Gasteiger partial charge on any atom is -0.369 e. The third-order valence-corrected chi connectivity index (χ3v) is 5.02. The van der Waals surface area contributed by atoms with Gasteiger partial charge in [-0.3, -0.25) is 0 Å². The van der Waals surface area contributed by atoms with E-state index in [0.717, 1.165) is 25.2 Å². The van der Waals surface area contributed by atoms with Crippen molar-refractivity contribution in [2.75, 3.05) is 6.61 Å². The molecule has 5 unspecified atom stereocenters. The Morgan fingerprint density at radius 1 is 1.05 bits per heavy atom. The fraction of sp³-hybridized carbons (Fsp3) is 1.00. The van der Waals surface area contributed by atoms with Crippen LogP contribution >= 0.6 is 0 Å². The van der Waals surface area contributed by atoms with E-state index in [0.29, 0.717) is 24.4 Å². The van der Waals surface area contributed by atoms with Gasteiger partial charge in [0.1, 0.15) is 6.61 Å². The van der Waals surface area contributed by atoms with Gasteiger partial charge in [0.15, 0.2) is 0 Å². The van der Waals surface area contributed by atoms with Crippen LogP contribution in [0.15, 0.2) is 0 Å². The van der Waals surface area contributed by atoms with Gasteiger partial charge in [-0.25, -0.2) is 0 Å². The summed E-state index contributed by atoms with van der Waals surface area (Å²) >= 11 is 0. The van der Waals surface area contributed by atoms with Gasteiger partial charge in [-0.05, 0) is 50.4 Å². The molecule has 0 heterocycles. The van der Waals surface area contributed by atoms with Crippen molar-refractivity contribution >= 4 is 0 Å². The minimum absolute atomic E-state index is 0.241. The zero-order valence-corrected chi connectivity index (χ0v) is 13.1. The Balaban J connectivity index is 1.78. The van der Waals surface area contributed by atoms with E-state index < -0.39 is 12.8 Å². The number of hydrogen-bond acceptors (Lipinski definition) is 2. The number of halogens is 3. The highest BCUT2D eigenvalue weighted by atomic mass is 19.4. The molecule has 2 aliphatic rings. The number of alkyl halides is 3. The van der Waals surface area contributed by atoms with Gasteiger partial charge < -0.3 is 10.1 Å². The third kappa shape index (κ3) is 5.78. The molecule has 2 nitrogen and oxygen atoms in total. The minimum atomic E-state index is -4.21. The monoisotopic (exact) mass is 307 g/mol. The first-order chi connectivity index (χ1) is 9.83. The van der Waals surface area contributed by atoms with Crippen LogP contribution in [-0.2, 0) is 4.74 Å². The van der Waals surface area contributed by atoms with Gasteiger partial charge in [0.2, 0.25) is 0 Å². The van der Waals surface area contributed by atoms with Gasteiger partial charge in [0.25, 0.3) is 0 Å². The number of rotatable bonds is 4. The molecule has 0 bridgehead atoms. The summed E-state index contributed by atoms with van der Waals surface area (Å²) in [6.07, 6.45) is 2.76. The molecule has 1 N–H and O–H groups in total. The van der Waals surface area contributed by atoms with Crippen molar-refractivity contribution in [3.63, 3.8) is 0 Å². The molecule has 5 heteroatoms. The van der Waals surface area contributed by atoms with Crippen LogP contribution in [0.5, 0.6) is 0 Å². The lowest BCUT2D eigenvalue weighted by Crippen LogP contribution is -2.47. The summed E-state index contributed by atoms with van der Waals surface area (Å²) in [6, 6.07) is 0.829. The van der Waals surface area contributed by atoms with Crippen molar-refractivity contribution in [3.05, 3.63) is 0 Å². The maximum absolute atomic E-state index is 12.2. The van der Waals surface area contributed by atoms with E-state index in [1.807, 2.05) is 0 Å². The lowest BCUT2D eigenvalue weighted by Gasteiger charge is -2.38. The lowest BCUT2D eigenvalue weighted by atomic mass is 9.79. The first-order valence-corrected chi connectivity index (χ1v) is 8.28. The van der Waals surface area contributed by atoms with Gasteiger partial charge >= 0.3 is 6.18 Å². The van der Waals surface area contributed by atoms with Crippen molar-refractivity contribution in [2.24, 2.45) is 11.8 Å². The maximum Gasteiger partial charge on any atom is 0.411 e. The molecule has 0 aromatic rings. The van der Waals surface area contributed by atoms with Crippen LogP contribution in [0.25, 0.3) is 0 Å². The van der Waals surface area contributed by atoms with Crippen molar-refractivity contribution in [1.29, 1.82) is 0 Å². The highest BCUT2D eigenvalue weighted by Gasteiger charge is 2.33. The second kappa shape index (κ2) is 7.32. The molecule has 2 fully saturated rings. The van der Waals surface area contributed by atoms with Crippen LogP contribution in [0.4, 0.5) is 13.2 Å². The van der Waals surface area contributed by atoms with E-state index in [4.69, 9.17) is 4.74 Å². The summed E-state index contributed by atoms with van der Waals surface area (Å²) in [5, 5.41) is 3.70. The van der Waals surface area contributed by atoms with Crippen LogP contribution in [0, 0.1) is 11.8 Å². The summed E-state index contributed by atoms with van der Waals surface area (Å²) < 4.78 is 41.8. The van der Waals surface area contributed by atoms with Gasteiger partial charge in [-0.1, -0.05) is 20.3 Å². The molecule has 0 amide bonds. The summed E-state index contributed by atoms with van der Waals surface area (Å²) in [4.78, 5) is 0. The second-order valence-electron chi connectivity index (χ2n) is 7.08. The first-order valence-electron chi connectivity index (χ1n) is 8.28. The highest BCUT2D eigenvalue weighted by Crippen LogP contribution is 2.31. The molecule has 0 spiro atoms. The Morgan fingerprint density at radius 2 is 1.81 bits per heavy atom. The lowest BCUT2D eigenvalue weighted by molar-refractivity contribution is -0.188. The van der Waals surface area contributed by atoms with E-state index in [1.165, 1.54) is 19.3 Å². The number of hydrogen-bond donors (Lipinski definition) is 1. The third-order valence-electron chi connectivity index (χ3n) is 5.02. The maximum atomic E-state index is 12.2. The molecule has 2 aliphatic carbocycles. The molecule has 0 aromatic carbocycles. The van der Waals surface area contributed by atoms with Crippen LogP contribution in [0.2, 0.25) is 0 Å². The van der Waals surface area contributed by atoms with E-state index in [9.17, 15) is 13.2 Å². The quantitative estimate of drug-likeness (QED) is 0.836. The Bertz CT molecular complexity index is 321. The van der Waals surface area contributed by atoms with Gasteiger partial charge in [0.05, 0.1) is 6.10 Å². The molecular formula is C16H28F3NO. The predicted octanol–water partition coefficient (Wildman–Crippen LogP) is 4.29. The molecule has 21 heavy (non-hydrogen) atoms. The average molecular weight is 307 g/mol. The fourth-order valence-electron chi connectivity index (χ4n) is 3.73. The molecule has 0 radical (unpaired) electrons. The highest BCUT2D eigenvalue weighted by molar-refractivity contribution is 4.87. The molecule has 124 valence electrons. The molecular weight excluding hydrogens is 279 g/mol. The molecule has 5 atom stereocenters. The fourth-order valence-corrected chi connectivity index (χ4v) is 3.73. The Kier molecular flexibility index (Phi) is 5.95. The van der Waals surface area contributed by atoms with Crippen molar-refractivity contribution in [1.82, 2.24) is 5.32 Å². The smallest absolute Gasteiger partial charge is 0.369 e. The number of nitrogens with one attached hydrogen (secondary N) is 1. The summed E-state index contributed by atoms with van der Waals surface area (Å²) in [5.41, 5.74) is 0. The largest absolute Gasteiger partial charge is 0.411 e.